The molecule has 0 saturated heterocycles. The van der Waals surface area contributed by atoms with Gasteiger partial charge in [-0.2, -0.15) is 0 Å². The Morgan fingerprint density at radius 2 is 1.75 bits per heavy atom. The van der Waals surface area contributed by atoms with Crippen LogP contribution in [0.3, 0.4) is 0 Å². The number of rotatable bonds is 6. The number of halogens is 1. The lowest BCUT2D eigenvalue weighted by atomic mass is 10.2. The minimum Gasteiger partial charge on any atom is -1.00 e. The van der Waals surface area contributed by atoms with E-state index in [0.29, 0.717) is 0 Å². The van der Waals surface area contributed by atoms with Gasteiger partial charge < -0.3 is 22.0 Å². The lowest BCUT2D eigenvalue weighted by Gasteiger charge is -2.16. The summed E-state index contributed by atoms with van der Waals surface area (Å²) in [4.78, 5) is 1.59. The molecule has 0 saturated carbocycles. The van der Waals surface area contributed by atoms with Crippen LogP contribution in [0.4, 0.5) is 0 Å². The van der Waals surface area contributed by atoms with E-state index >= 15 is 0 Å². The van der Waals surface area contributed by atoms with E-state index in [1.807, 2.05) is 18.2 Å². The number of benzene rings is 1. The number of quaternary nitrogens is 1. The fourth-order valence-corrected chi connectivity index (χ4v) is 1.63. The normalized spacial score (nSPS) is 10.0. The molecule has 0 atom stereocenters. The third kappa shape index (κ3) is 4.86. The maximum atomic E-state index is 5.75. The average Bonchev–Trinajstić information content (AvgIpc) is 2.27. The monoisotopic (exact) mass is 243 g/mol. The van der Waals surface area contributed by atoms with Gasteiger partial charge in [-0.15, -0.1) is 0 Å². The zero-order valence-corrected chi connectivity index (χ0v) is 11.2. The minimum atomic E-state index is 0. The van der Waals surface area contributed by atoms with Crippen LogP contribution in [0.15, 0.2) is 24.3 Å². The molecule has 0 aromatic heterocycles. The fraction of sp³-hybridized carbons (Fsp3) is 0.538. The Balaban J connectivity index is 0.00000225. The molecule has 0 fully saturated rings. The quantitative estimate of drug-likeness (QED) is 0.629. The number of hydrogen-bond acceptors (Lipinski definition) is 1. The molecular formula is C13H22ClNO. The summed E-state index contributed by atoms with van der Waals surface area (Å²) in [5.74, 6) is 1.02. The highest BCUT2D eigenvalue weighted by atomic mass is 35.5. The van der Waals surface area contributed by atoms with Crippen molar-refractivity contribution in [2.24, 2.45) is 0 Å². The van der Waals surface area contributed by atoms with E-state index in [0.717, 1.165) is 18.9 Å². The van der Waals surface area contributed by atoms with Crippen LogP contribution in [-0.2, 0) is 0 Å². The Morgan fingerprint density at radius 3 is 2.31 bits per heavy atom. The first kappa shape index (κ1) is 15.3. The molecule has 1 N–H and O–H groups in total. The number of ether oxygens (including phenoxy) is 1. The molecule has 0 aliphatic heterocycles. The number of hydrogen-bond donors (Lipinski definition) is 1. The van der Waals surface area contributed by atoms with Crippen LogP contribution in [-0.4, -0.2) is 26.2 Å². The number of aryl methyl sites for hydroxylation is 1. The van der Waals surface area contributed by atoms with E-state index in [1.165, 1.54) is 18.7 Å². The van der Waals surface area contributed by atoms with Crippen molar-refractivity contribution in [3.63, 3.8) is 0 Å². The second-order valence-corrected chi connectivity index (χ2v) is 3.82. The molecule has 2 nitrogen and oxygen atoms in total. The highest BCUT2D eigenvalue weighted by molar-refractivity contribution is 5.31. The van der Waals surface area contributed by atoms with E-state index in [2.05, 4.69) is 26.8 Å². The summed E-state index contributed by atoms with van der Waals surface area (Å²) in [6.07, 6.45) is 0. The molecule has 0 amide bonds. The van der Waals surface area contributed by atoms with Gasteiger partial charge in [0.05, 0.1) is 13.1 Å². The van der Waals surface area contributed by atoms with E-state index in [4.69, 9.17) is 4.74 Å². The van der Waals surface area contributed by atoms with Gasteiger partial charge in [0.1, 0.15) is 18.9 Å². The standard InChI is InChI=1S/C13H21NO.ClH/c1-4-14(5-2)10-11-15-13-9-7-6-8-12(13)3;/h6-9H,4-5,10-11H2,1-3H3;1H. The third-order valence-corrected chi connectivity index (χ3v) is 2.81. The predicted molar refractivity (Wildman–Crippen MR) is 63.6 cm³/mol. The molecule has 0 heterocycles. The zero-order chi connectivity index (χ0) is 11.1. The van der Waals surface area contributed by atoms with Crippen LogP contribution < -0.4 is 22.0 Å². The maximum absolute atomic E-state index is 5.75. The van der Waals surface area contributed by atoms with Crippen LogP contribution in [0.1, 0.15) is 19.4 Å². The SMILES string of the molecule is CC[NH+](CC)CCOc1ccccc1C.[Cl-]. The van der Waals surface area contributed by atoms with Crippen molar-refractivity contribution in [3.8, 4) is 5.75 Å². The van der Waals surface area contributed by atoms with E-state index in [9.17, 15) is 0 Å². The molecular weight excluding hydrogens is 222 g/mol. The van der Waals surface area contributed by atoms with E-state index in [1.54, 1.807) is 4.90 Å². The highest BCUT2D eigenvalue weighted by Gasteiger charge is 2.03. The summed E-state index contributed by atoms with van der Waals surface area (Å²) >= 11 is 0. The molecule has 0 radical (unpaired) electrons. The molecule has 3 heteroatoms. The largest absolute Gasteiger partial charge is 1.00 e. The van der Waals surface area contributed by atoms with Crippen LogP contribution in [0.5, 0.6) is 5.75 Å². The van der Waals surface area contributed by atoms with Crippen molar-refractivity contribution in [1.29, 1.82) is 0 Å². The van der Waals surface area contributed by atoms with Crippen LogP contribution in [0.25, 0.3) is 0 Å². The van der Waals surface area contributed by atoms with Crippen LogP contribution in [0.2, 0.25) is 0 Å². The van der Waals surface area contributed by atoms with Crippen molar-refractivity contribution in [2.45, 2.75) is 20.8 Å². The van der Waals surface area contributed by atoms with E-state index < -0.39 is 0 Å². The molecule has 16 heavy (non-hydrogen) atoms. The Morgan fingerprint density at radius 1 is 1.12 bits per heavy atom. The van der Waals surface area contributed by atoms with Crippen molar-refractivity contribution in [1.82, 2.24) is 0 Å². The number of likely N-dealkylation sites (N-methyl/N-ethyl adjacent to an activating group) is 1. The Hall–Kier alpha value is -0.730. The molecule has 0 unspecified atom stereocenters. The summed E-state index contributed by atoms with van der Waals surface area (Å²) in [6, 6.07) is 8.18. The van der Waals surface area contributed by atoms with Crippen molar-refractivity contribution in [2.75, 3.05) is 26.2 Å². The summed E-state index contributed by atoms with van der Waals surface area (Å²) in [5.41, 5.74) is 1.21. The smallest absolute Gasteiger partial charge is 0.137 e. The van der Waals surface area contributed by atoms with E-state index in [-0.39, 0.29) is 12.4 Å². The van der Waals surface area contributed by atoms with Gasteiger partial charge in [0, 0.05) is 0 Å². The van der Waals surface area contributed by atoms with Gasteiger partial charge in [0.15, 0.2) is 0 Å². The minimum absolute atomic E-state index is 0. The van der Waals surface area contributed by atoms with Crippen molar-refractivity contribution < 1.29 is 22.0 Å². The molecule has 1 aromatic rings. The van der Waals surface area contributed by atoms with Crippen LogP contribution in [0, 0.1) is 6.92 Å². The predicted octanol–water partition coefficient (Wildman–Crippen LogP) is -1.70. The number of nitrogens with one attached hydrogen (secondary N) is 1. The fourth-order valence-electron chi connectivity index (χ4n) is 1.63. The first-order chi connectivity index (χ1) is 7.27. The first-order valence-electron chi connectivity index (χ1n) is 5.80. The van der Waals surface area contributed by atoms with Crippen molar-refractivity contribution in [3.05, 3.63) is 29.8 Å². The second kappa shape index (κ2) is 8.43. The molecule has 0 aliphatic carbocycles. The number of para-hydroxylation sites is 1. The summed E-state index contributed by atoms with van der Waals surface area (Å²) in [6.45, 7) is 10.8. The Labute approximate surface area is 105 Å². The van der Waals surface area contributed by atoms with Crippen LogP contribution >= 0.6 is 0 Å². The molecule has 0 spiro atoms. The van der Waals surface area contributed by atoms with Gasteiger partial charge in [-0.3, -0.25) is 0 Å². The molecule has 1 rings (SSSR count). The second-order valence-electron chi connectivity index (χ2n) is 3.82. The molecule has 92 valence electrons. The van der Waals surface area contributed by atoms with Gasteiger partial charge >= 0.3 is 0 Å². The third-order valence-electron chi connectivity index (χ3n) is 2.81. The summed E-state index contributed by atoms with van der Waals surface area (Å²) < 4.78 is 5.75. The van der Waals surface area contributed by atoms with Gasteiger partial charge in [-0.25, -0.2) is 0 Å². The first-order valence-corrected chi connectivity index (χ1v) is 5.80. The Kier molecular flexibility index (Phi) is 8.04. The highest BCUT2D eigenvalue weighted by Crippen LogP contribution is 2.15. The lowest BCUT2D eigenvalue weighted by Crippen LogP contribution is -3.12. The Bertz CT molecular complexity index is 287. The molecule has 1 aromatic carbocycles. The molecule has 0 bridgehead atoms. The zero-order valence-electron chi connectivity index (χ0n) is 10.4. The summed E-state index contributed by atoms with van der Waals surface area (Å²) in [5, 5.41) is 0. The summed E-state index contributed by atoms with van der Waals surface area (Å²) in [7, 11) is 0. The van der Waals surface area contributed by atoms with Gasteiger partial charge in [-0.05, 0) is 32.4 Å². The molecule has 0 aliphatic rings. The van der Waals surface area contributed by atoms with Crippen molar-refractivity contribution >= 4 is 0 Å². The topological polar surface area (TPSA) is 13.7 Å². The van der Waals surface area contributed by atoms with Gasteiger partial charge in [0.25, 0.3) is 0 Å². The average molecular weight is 244 g/mol. The lowest BCUT2D eigenvalue weighted by molar-refractivity contribution is -0.896. The van der Waals surface area contributed by atoms with Gasteiger partial charge in [0.2, 0.25) is 0 Å². The van der Waals surface area contributed by atoms with Gasteiger partial charge in [-0.1, -0.05) is 18.2 Å². The maximum Gasteiger partial charge on any atom is 0.137 e.